The second kappa shape index (κ2) is 4.65. The maximum atomic E-state index is 10.7. The second-order valence-electron chi connectivity index (χ2n) is 3.20. The summed E-state index contributed by atoms with van der Waals surface area (Å²) in [6, 6.07) is 6.19. The summed E-state index contributed by atoms with van der Waals surface area (Å²) in [5.41, 5.74) is 0.881. The number of carbonyl (C=O) groups is 1. The Balaban J connectivity index is 2.23. The average Bonchev–Trinajstić information content (AvgIpc) is 2.78. The first-order valence-electron chi connectivity index (χ1n) is 5.01. The molecule has 0 atom stereocenters. The summed E-state index contributed by atoms with van der Waals surface area (Å²) in [6.07, 6.45) is 0.102. The average molecular weight is 234 g/mol. The van der Waals surface area contributed by atoms with Crippen molar-refractivity contribution in [2.75, 3.05) is 6.61 Å². The summed E-state index contributed by atoms with van der Waals surface area (Å²) in [6.45, 7) is 2.26. The number of ether oxygens (including phenoxy) is 1. The molecule has 2 aromatic rings. The third kappa shape index (κ3) is 2.41. The Bertz CT molecular complexity index is 519. The van der Waals surface area contributed by atoms with E-state index in [2.05, 4.69) is 10.1 Å². The van der Waals surface area contributed by atoms with E-state index in [1.165, 1.54) is 12.1 Å². The van der Waals surface area contributed by atoms with Crippen molar-refractivity contribution >= 4 is 5.97 Å². The Morgan fingerprint density at radius 1 is 1.41 bits per heavy atom. The minimum atomic E-state index is -0.973. The van der Waals surface area contributed by atoms with Crippen LogP contribution in [-0.2, 0) is 0 Å². The lowest BCUT2D eigenvalue weighted by molar-refractivity contribution is 0.0697. The number of nitrogens with zero attached hydrogens (tertiary/aromatic N) is 2. The maximum absolute atomic E-state index is 10.7. The first kappa shape index (κ1) is 11.1. The first-order chi connectivity index (χ1) is 8.20. The third-order valence-corrected chi connectivity index (χ3v) is 2.07. The lowest BCUT2D eigenvalue weighted by atomic mass is 10.1. The van der Waals surface area contributed by atoms with E-state index in [0.29, 0.717) is 18.0 Å². The van der Waals surface area contributed by atoms with Crippen molar-refractivity contribution in [3.63, 3.8) is 0 Å². The summed E-state index contributed by atoms with van der Waals surface area (Å²) in [4.78, 5) is 14.7. The monoisotopic (exact) mass is 234 g/mol. The van der Waals surface area contributed by atoms with Gasteiger partial charge in [0.15, 0.2) is 0 Å². The quantitative estimate of drug-likeness (QED) is 0.868. The highest BCUT2D eigenvalue weighted by atomic mass is 16.6. The largest absolute Gasteiger partial charge is 0.478 e. The molecule has 17 heavy (non-hydrogen) atoms. The molecule has 0 saturated heterocycles. The standard InChI is InChI=1S/C11H10N2O4/c1-2-16-11-12-9(13-17-11)7-3-5-8(6-4-7)10(14)15/h3-6H,2H2,1H3,(H,14,15). The summed E-state index contributed by atoms with van der Waals surface area (Å²) in [5.74, 6) is -0.606. The van der Waals surface area contributed by atoms with Gasteiger partial charge in [-0.1, -0.05) is 17.3 Å². The van der Waals surface area contributed by atoms with Crippen LogP contribution in [0, 0.1) is 0 Å². The Hall–Kier alpha value is -2.37. The van der Waals surface area contributed by atoms with E-state index < -0.39 is 5.97 Å². The van der Waals surface area contributed by atoms with Gasteiger partial charge in [-0.3, -0.25) is 4.52 Å². The van der Waals surface area contributed by atoms with Crippen molar-refractivity contribution in [1.82, 2.24) is 10.1 Å². The van der Waals surface area contributed by atoms with Crippen LogP contribution in [0.25, 0.3) is 11.4 Å². The van der Waals surface area contributed by atoms with Crippen molar-refractivity contribution in [2.45, 2.75) is 6.92 Å². The highest BCUT2D eigenvalue weighted by molar-refractivity contribution is 5.88. The summed E-state index contributed by atoms with van der Waals surface area (Å²) < 4.78 is 9.87. The Morgan fingerprint density at radius 2 is 2.12 bits per heavy atom. The van der Waals surface area contributed by atoms with Crippen LogP contribution >= 0.6 is 0 Å². The zero-order chi connectivity index (χ0) is 12.3. The van der Waals surface area contributed by atoms with E-state index in [-0.39, 0.29) is 11.6 Å². The topological polar surface area (TPSA) is 85.5 Å². The van der Waals surface area contributed by atoms with E-state index in [1.807, 2.05) is 6.92 Å². The fraction of sp³-hybridized carbons (Fsp3) is 0.182. The molecule has 1 N–H and O–H groups in total. The van der Waals surface area contributed by atoms with Crippen molar-refractivity contribution in [2.24, 2.45) is 0 Å². The molecule has 88 valence electrons. The number of carboxylic acid groups (broad SMARTS) is 1. The molecule has 6 heteroatoms. The highest BCUT2D eigenvalue weighted by Gasteiger charge is 2.09. The Labute approximate surface area is 96.8 Å². The van der Waals surface area contributed by atoms with Gasteiger partial charge in [0.1, 0.15) is 0 Å². The SMILES string of the molecule is CCOc1nc(-c2ccc(C(=O)O)cc2)no1. The van der Waals surface area contributed by atoms with E-state index in [4.69, 9.17) is 14.4 Å². The van der Waals surface area contributed by atoms with Gasteiger partial charge in [0, 0.05) is 5.56 Å². The molecule has 0 aliphatic rings. The van der Waals surface area contributed by atoms with E-state index >= 15 is 0 Å². The van der Waals surface area contributed by atoms with Crippen LogP contribution < -0.4 is 4.74 Å². The Morgan fingerprint density at radius 3 is 2.71 bits per heavy atom. The van der Waals surface area contributed by atoms with Gasteiger partial charge in [-0.15, -0.1) is 0 Å². The number of carboxylic acids is 1. The minimum Gasteiger partial charge on any atom is -0.478 e. The number of hydrogen-bond acceptors (Lipinski definition) is 5. The molecule has 0 unspecified atom stereocenters. The van der Waals surface area contributed by atoms with Crippen molar-refractivity contribution in [3.05, 3.63) is 29.8 Å². The predicted molar refractivity (Wildman–Crippen MR) is 57.9 cm³/mol. The molecule has 1 aromatic heterocycles. The lowest BCUT2D eigenvalue weighted by Crippen LogP contribution is -1.95. The molecular weight excluding hydrogens is 224 g/mol. The molecule has 0 aliphatic heterocycles. The van der Waals surface area contributed by atoms with Gasteiger partial charge in [0.25, 0.3) is 0 Å². The van der Waals surface area contributed by atoms with E-state index in [1.54, 1.807) is 12.1 Å². The molecule has 1 heterocycles. The fourth-order valence-corrected chi connectivity index (χ4v) is 1.27. The van der Waals surface area contributed by atoms with Gasteiger partial charge in [-0.05, 0) is 19.1 Å². The van der Waals surface area contributed by atoms with Gasteiger partial charge in [0.2, 0.25) is 5.82 Å². The van der Waals surface area contributed by atoms with Gasteiger partial charge in [0.05, 0.1) is 12.2 Å². The van der Waals surface area contributed by atoms with E-state index in [9.17, 15) is 4.79 Å². The predicted octanol–water partition coefficient (Wildman–Crippen LogP) is 1.83. The van der Waals surface area contributed by atoms with Crippen molar-refractivity contribution < 1.29 is 19.2 Å². The van der Waals surface area contributed by atoms with Gasteiger partial charge in [-0.2, -0.15) is 4.98 Å². The Kier molecular flexibility index (Phi) is 3.04. The van der Waals surface area contributed by atoms with Crippen LogP contribution in [0.2, 0.25) is 0 Å². The molecule has 0 radical (unpaired) electrons. The summed E-state index contributed by atoms with van der Waals surface area (Å²) in [7, 11) is 0. The van der Waals surface area contributed by atoms with Crippen LogP contribution in [0.1, 0.15) is 17.3 Å². The van der Waals surface area contributed by atoms with Crippen molar-refractivity contribution in [3.8, 4) is 17.5 Å². The van der Waals surface area contributed by atoms with Gasteiger partial charge >= 0.3 is 12.0 Å². The van der Waals surface area contributed by atoms with Crippen LogP contribution in [-0.4, -0.2) is 27.8 Å². The van der Waals surface area contributed by atoms with Crippen molar-refractivity contribution in [1.29, 1.82) is 0 Å². The summed E-state index contributed by atoms with van der Waals surface area (Å²) >= 11 is 0. The number of hydrogen-bond donors (Lipinski definition) is 1. The number of aromatic carboxylic acids is 1. The number of rotatable bonds is 4. The fourth-order valence-electron chi connectivity index (χ4n) is 1.27. The molecule has 2 rings (SSSR count). The summed E-state index contributed by atoms with van der Waals surface area (Å²) in [5, 5.41) is 12.5. The normalized spacial score (nSPS) is 10.2. The highest BCUT2D eigenvalue weighted by Crippen LogP contribution is 2.19. The third-order valence-electron chi connectivity index (χ3n) is 2.07. The second-order valence-corrected chi connectivity index (χ2v) is 3.20. The lowest BCUT2D eigenvalue weighted by Gasteiger charge is -1.95. The molecule has 0 bridgehead atoms. The molecular formula is C11H10N2O4. The molecule has 0 aliphatic carbocycles. The molecule has 0 fully saturated rings. The van der Waals surface area contributed by atoms with Crippen LogP contribution in [0.15, 0.2) is 28.8 Å². The first-order valence-corrected chi connectivity index (χ1v) is 5.01. The van der Waals surface area contributed by atoms with Gasteiger partial charge < -0.3 is 9.84 Å². The molecule has 6 nitrogen and oxygen atoms in total. The molecule has 0 amide bonds. The van der Waals surface area contributed by atoms with E-state index in [0.717, 1.165) is 0 Å². The molecule has 1 aromatic carbocycles. The zero-order valence-corrected chi connectivity index (χ0v) is 9.08. The van der Waals surface area contributed by atoms with Crippen LogP contribution in [0.5, 0.6) is 6.08 Å². The maximum Gasteiger partial charge on any atom is 0.417 e. The van der Waals surface area contributed by atoms with Crippen LogP contribution in [0.3, 0.4) is 0 Å². The minimum absolute atomic E-state index is 0.102. The number of benzene rings is 1. The zero-order valence-electron chi connectivity index (χ0n) is 9.08. The van der Waals surface area contributed by atoms with Gasteiger partial charge in [-0.25, -0.2) is 4.79 Å². The molecule has 0 spiro atoms. The number of aromatic nitrogens is 2. The smallest absolute Gasteiger partial charge is 0.417 e. The molecule has 0 saturated carbocycles. The van der Waals surface area contributed by atoms with Crippen LogP contribution in [0.4, 0.5) is 0 Å².